The molecule has 1 fully saturated rings. The number of hydrogen-bond acceptors (Lipinski definition) is 3. The fourth-order valence-electron chi connectivity index (χ4n) is 2.56. The van der Waals surface area contributed by atoms with Crippen LogP contribution in [0.15, 0.2) is 18.2 Å². The average Bonchev–Trinajstić information content (AvgIpc) is 3.20. The Morgan fingerprint density at radius 2 is 2.14 bits per heavy atom. The lowest BCUT2D eigenvalue weighted by Gasteiger charge is -2.18. The summed E-state index contributed by atoms with van der Waals surface area (Å²) in [6.45, 7) is 3.94. The molecule has 0 bridgehead atoms. The summed E-state index contributed by atoms with van der Waals surface area (Å²) in [4.78, 5) is 0. The number of halogens is 2. The standard InChI is InChI=1S/C16H23Cl2NO2/c1-2-5-16(6-7-16)11-19-9-13(20)10-21-15-8-12(17)3-4-14(15)18/h3-4,8,13,19-20H,2,5-7,9-11H2,1H3. The van der Waals surface area contributed by atoms with Crippen molar-refractivity contribution in [2.45, 2.75) is 38.7 Å². The molecule has 1 aliphatic carbocycles. The quantitative estimate of drug-likeness (QED) is 0.721. The molecule has 118 valence electrons. The first-order valence-corrected chi connectivity index (χ1v) is 8.27. The van der Waals surface area contributed by atoms with E-state index in [-0.39, 0.29) is 6.61 Å². The third-order valence-corrected chi connectivity index (χ3v) is 4.49. The predicted octanol–water partition coefficient (Wildman–Crippen LogP) is 3.90. The highest BCUT2D eigenvalue weighted by Gasteiger charge is 2.40. The monoisotopic (exact) mass is 331 g/mol. The highest BCUT2D eigenvalue weighted by Crippen LogP contribution is 2.48. The molecule has 0 heterocycles. The first kappa shape index (κ1) is 16.9. The van der Waals surface area contributed by atoms with Gasteiger partial charge in [-0.1, -0.05) is 36.5 Å². The zero-order valence-electron chi connectivity index (χ0n) is 12.4. The van der Waals surface area contributed by atoms with Crippen LogP contribution in [0.4, 0.5) is 0 Å². The number of hydrogen-bond donors (Lipinski definition) is 2. The summed E-state index contributed by atoms with van der Waals surface area (Å²) in [6, 6.07) is 5.05. The molecular weight excluding hydrogens is 309 g/mol. The molecule has 0 spiro atoms. The summed E-state index contributed by atoms with van der Waals surface area (Å²) >= 11 is 11.9. The van der Waals surface area contributed by atoms with Crippen LogP contribution in [0.2, 0.25) is 10.0 Å². The van der Waals surface area contributed by atoms with E-state index in [0.29, 0.717) is 27.8 Å². The second-order valence-electron chi connectivity index (χ2n) is 5.92. The van der Waals surface area contributed by atoms with Crippen LogP contribution in [0, 0.1) is 5.41 Å². The van der Waals surface area contributed by atoms with E-state index in [1.807, 2.05) is 0 Å². The van der Waals surface area contributed by atoms with Crippen LogP contribution in [-0.4, -0.2) is 30.9 Å². The zero-order valence-corrected chi connectivity index (χ0v) is 13.9. The molecule has 2 N–H and O–H groups in total. The first-order chi connectivity index (χ1) is 10.0. The Labute approximate surface area is 136 Å². The Morgan fingerprint density at radius 1 is 1.38 bits per heavy atom. The Balaban J connectivity index is 1.68. The van der Waals surface area contributed by atoms with Crippen molar-refractivity contribution < 1.29 is 9.84 Å². The van der Waals surface area contributed by atoms with Crippen molar-refractivity contribution in [3.05, 3.63) is 28.2 Å². The van der Waals surface area contributed by atoms with Crippen molar-refractivity contribution in [1.82, 2.24) is 5.32 Å². The number of ether oxygens (including phenoxy) is 1. The van der Waals surface area contributed by atoms with Gasteiger partial charge in [-0.25, -0.2) is 0 Å². The van der Waals surface area contributed by atoms with Crippen LogP contribution in [0.25, 0.3) is 0 Å². The van der Waals surface area contributed by atoms with Gasteiger partial charge in [-0.05, 0) is 36.8 Å². The maximum Gasteiger partial charge on any atom is 0.139 e. The minimum atomic E-state index is -0.558. The van der Waals surface area contributed by atoms with Gasteiger partial charge in [0.2, 0.25) is 0 Å². The molecule has 1 aliphatic rings. The number of benzene rings is 1. The van der Waals surface area contributed by atoms with E-state index < -0.39 is 6.10 Å². The van der Waals surface area contributed by atoms with E-state index in [1.165, 1.54) is 25.7 Å². The van der Waals surface area contributed by atoms with Crippen LogP contribution in [0.3, 0.4) is 0 Å². The van der Waals surface area contributed by atoms with Crippen LogP contribution >= 0.6 is 23.2 Å². The maximum absolute atomic E-state index is 9.95. The molecule has 0 amide bonds. The molecule has 1 aromatic rings. The lowest BCUT2D eigenvalue weighted by atomic mass is 10.0. The van der Waals surface area contributed by atoms with Crippen molar-refractivity contribution in [3.63, 3.8) is 0 Å². The van der Waals surface area contributed by atoms with E-state index in [9.17, 15) is 5.11 Å². The molecule has 0 saturated heterocycles. The molecule has 21 heavy (non-hydrogen) atoms. The van der Waals surface area contributed by atoms with Crippen molar-refractivity contribution >= 4 is 23.2 Å². The Hall–Kier alpha value is -0.480. The van der Waals surface area contributed by atoms with Gasteiger partial charge in [0.25, 0.3) is 0 Å². The number of rotatable bonds is 9. The van der Waals surface area contributed by atoms with Crippen molar-refractivity contribution in [3.8, 4) is 5.75 Å². The minimum Gasteiger partial charge on any atom is -0.489 e. The second-order valence-corrected chi connectivity index (χ2v) is 6.76. The fourth-order valence-corrected chi connectivity index (χ4v) is 2.89. The summed E-state index contributed by atoms with van der Waals surface area (Å²) in [5.74, 6) is 0.507. The normalized spacial score (nSPS) is 17.5. The van der Waals surface area contributed by atoms with Gasteiger partial charge < -0.3 is 15.2 Å². The van der Waals surface area contributed by atoms with E-state index in [2.05, 4.69) is 12.2 Å². The number of aliphatic hydroxyl groups is 1. The molecule has 1 saturated carbocycles. The molecule has 3 nitrogen and oxygen atoms in total. The van der Waals surface area contributed by atoms with Crippen molar-refractivity contribution in [1.29, 1.82) is 0 Å². The minimum absolute atomic E-state index is 0.202. The molecule has 1 atom stereocenters. The molecule has 0 aromatic heterocycles. The highest BCUT2D eigenvalue weighted by molar-refractivity contribution is 6.34. The van der Waals surface area contributed by atoms with Crippen LogP contribution < -0.4 is 10.1 Å². The van der Waals surface area contributed by atoms with E-state index in [0.717, 1.165) is 6.54 Å². The summed E-state index contributed by atoms with van der Waals surface area (Å²) < 4.78 is 5.52. The topological polar surface area (TPSA) is 41.5 Å². The van der Waals surface area contributed by atoms with E-state index in [1.54, 1.807) is 18.2 Å². The molecule has 0 aliphatic heterocycles. The summed E-state index contributed by atoms with van der Waals surface area (Å²) in [7, 11) is 0. The van der Waals surface area contributed by atoms with Gasteiger partial charge in [-0.2, -0.15) is 0 Å². The third kappa shape index (κ3) is 5.33. The van der Waals surface area contributed by atoms with Crippen LogP contribution in [0.1, 0.15) is 32.6 Å². The molecule has 1 unspecified atom stereocenters. The summed E-state index contributed by atoms with van der Waals surface area (Å²) in [5, 5.41) is 14.4. The Bertz CT molecular complexity index is 464. The van der Waals surface area contributed by atoms with Gasteiger partial charge in [0, 0.05) is 24.2 Å². The fraction of sp³-hybridized carbons (Fsp3) is 0.625. The second kappa shape index (κ2) is 7.68. The lowest BCUT2D eigenvalue weighted by molar-refractivity contribution is 0.105. The Morgan fingerprint density at radius 3 is 2.81 bits per heavy atom. The third-order valence-electron chi connectivity index (χ3n) is 3.94. The van der Waals surface area contributed by atoms with Gasteiger partial charge in [0.1, 0.15) is 18.5 Å². The van der Waals surface area contributed by atoms with Crippen molar-refractivity contribution in [2.24, 2.45) is 5.41 Å². The average molecular weight is 332 g/mol. The van der Waals surface area contributed by atoms with Gasteiger partial charge in [0.15, 0.2) is 0 Å². The smallest absolute Gasteiger partial charge is 0.139 e. The SMILES string of the molecule is CCCC1(CNCC(O)COc2cc(Cl)ccc2Cl)CC1. The number of aliphatic hydroxyl groups excluding tert-OH is 1. The maximum atomic E-state index is 9.95. The van der Waals surface area contributed by atoms with Crippen LogP contribution in [-0.2, 0) is 0 Å². The van der Waals surface area contributed by atoms with Crippen molar-refractivity contribution in [2.75, 3.05) is 19.7 Å². The van der Waals surface area contributed by atoms with Gasteiger partial charge in [-0.3, -0.25) is 0 Å². The summed E-state index contributed by atoms with van der Waals surface area (Å²) in [5.41, 5.74) is 0.492. The molecule has 2 rings (SSSR count). The van der Waals surface area contributed by atoms with Gasteiger partial charge >= 0.3 is 0 Å². The van der Waals surface area contributed by atoms with Gasteiger partial charge in [-0.15, -0.1) is 0 Å². The van der Waals surface area contributed by atoms with Crippen LogP contribution in [0.5, 0.6) is 5.75 Å². The summed E-state index contributed by atoms with van der Waals surface area (Å²) in [6.07, 6.45) is 4.54. The predicted molar refractivity (Wildman–Crippen MR) is 87.4 cm³/mol. The van der Waals surface area contributed by atoms with E-state index >= 15 is 0 Å². The zero-order chi connectivity index (χ0) is 15.3. The van der Waals surface area contributed by atoms with Gasteiger partial charge in [0.05, 0.1) is 5.02 Å². The largest absolute Gasteiger partial charge is 0.489 e. The first-order valence-electron chi connectivity index (χ1n) is 7.51. The van der Waals surface area contributed by atoms with E-state index in [4.69, 9.17) is 27.9 Å². The molecular formula is C16H23Cl2NO2. The number of nitrogens with one attached hydrogen (secondary N) is 1. The highest BCUT2D eigenvalue weighted by atomic mass is 35.5. The molecule has 0 radical (unpaired) electrons. The Kier molecular flexibility index (Phi) is 6.18. The lowest BCUT2D eigenvalue weighted by Crippen LogP contribution is -2.34. The molecule has 1 aromatic carbocycles. The molecule has 5 heteroatoms.